The first-order valence-corrected chi connectivity index (χ1v) is 7.68. The van der Waals surface area contributed by atoms with Crippen molar-refractivity contribution in [3.8, 4) is 0 Å². The molecule has 0 aliphatic carbocycles. The largest absolute Gasteiger partial charge is 0.308 e. The molecule has 1 atom stereocenters. The molecule has 0 saturated carbocycles. The first kappa shape index (κ1) is 15.8. The Hall–Kier alpha value is -0.270. The molecule has 0 radical (unpaired) electrons. The van der Waals surface area contributed by atoms with Gasteiger partial charge < -0.3 is 4.90 Å². The zero-order valence-electron chi connectivity index (χ0n) is 11.2. The number of likely N-dealkylation sites (N-methyl/N-ethyl adjacent to an activating group) is 1. The van der Waals surface area contributed by atoms with Crippen LogP contribution in [0.4, 0.5) is 0 Å². The molecule has 1 heterocycles. The van der Waals surface area contributed by atoms with Gasteiger partial charge in [-0.1, -0.05) is 11.6 Å². The number of nitrogens with one attached hydrogen (secondary N) is 1. The molecule has 18 heavy (non-hydrogen) atoms. The van der Waals surface area contributed by atoms with E-state index in [1.807, 2.05) is 18.8 Å². The Morgan fingerprint density at radius 2 is 2.33 bits per heavy atom. The van der Waals surface area contributed by atoms with Gasteiger partial charge in [0.25, 0.3) is 0 Å². The average molecular weight is 292 g/mol. The molecule has 0 amide bonds. The second kappa shape index (κ2) is 8.01. The Bertz CT molecular complexity index is 355. The highest BCUT2D eigenvalue weighted by Crippen LogP contribution is 2.25. The number of nitrogens with zero attached hydrogens (tertiary/aromatic N) is 3. The Balaban J connectivity index is 2.80. The lowest BCUT2D eigenvalue weighted by atomic mass is 10.1. The predicted molar refractivity (Wildman–Crippen MR) is 78.9 cm³/mol. The van der Waals surface area contributed by atoms with Crippen LogP contribution in [0.2, 0.25) is 5.02 Å². The van der Waals surface area contributed by atoms with Gasteiger partial charge in [-0.15, -0.1) is 0 Å². The van der Waals surface area contributed by atoms with Gasteiger partial charge in [-0.25, -0.2) is 0 Å². The number of nitrogens with two attached hydrogens (primary N) is 1. The fraction of sp³-hybridized carbons (Fsp3) is 0.727. The standard InChI is InChI=1S/C11H22ClN5S/c1-16(2)5-6-17-11(9(12)8-14-17)10(15-13)4-7-18-3/h8,10,15H,4-7,13H2,1-3H3. The molecule has 5 nitrogen and oxygen atoms in total. The molecule has 0 aromatic carbocycles. The van der Waals surface area contributed by atoms with Crippen LogP contribution in [0.3, 0.4) is 0 Å². The van der Waals surface area contributed by atoms with Gasteiger partial charge in [-0.3, -0.25) is 16.0 Å². The van der Waals surface area contributed by atoms with Gasteiger partial charge in [-0.2, -0.15) is 16.9 Å². The molecule has 1 aromatic rings. The summed E-state index contributed by atoms with van der Waals surface area (Å²) in [7, 11) is 4.08. The van der Waals surface area contributed by atoms with Crippen molar-refractivity contribution in [2.45, 2.75) is 19.0 Å². The Morgan fingerprint density at radius 1 is 1.61 bits per heavy atom. The molecular weight excluding hydrogens is 270 g/mol. The molecular formula is C11H22ClN5S. The second-order valence-electron chi connectivity index (χ2n) is 4.40. The minimum Gasteiger partial charge on any atom is -0.308 e. The van der Waals surface area contributed by atoms with E-state index >= 15 is 0 Å². The van der Waals surface area contributed by atoms with E-state index in [0.717, 1.165) is 31.0 Å². The van der Waals surface area contributed by atoms with Gasteiger partial charge in [0.05, 0.1) is 29.5 Å². The fourth-order valence-corrected chi connectivity index (χ4v) is 2.47. The molecule has 0 saturated heterocycles. The summed E-state index contributed by atoms with van der Waals surface area (Å²) in [5.74, 6) is 6.66. The van der Waals surface area contributed by atoms with Crippen LogP contribution in [-0.2, 0) is 6.54 Å². The molecule has 0 aliphatic heterocycles. The van der Waals surface area contributed by atoms with Crippen LogP contribution >= 0.6 is 23.4 Å². The highest BCUT2D eigenvalue weighted by atomic mass is 35.5. The quantitative estimate of drug-likeness (QED) is 0.559. The van der Waals surface area contributed by atoms with E-state index in [0.29, 0.717) is 5.02 Å². The van der Waals surface area contributed by atoms with Crippen LogP contribution in [-0.4, -0.2) is 47.3 Å². The first-order valence-electron chi connectivity index (χ1n) is 5.91. The summed E-state index contributed by atoms with van der Waals surface area (Å²) >= 11 is 8.01. The van der Waals surface area contributed by atoms with E-state index in [4.69, 9.17) is 17.4 Å². The van der Waals surface area contributed by atoms with Crippen molar-refractivity contribution in [2.75, 3.05) is 32.6 Å². The van der Waals surface area contributed by atoms with Crippen molar-refractivity contribution in [3.63, 3.8) is 0 Å². The van der Waals surface area contributed by atoms with Gasteiger partial charge in [0.2, 0.25) is 0 Å². The summed E-state index contributed by atoms with van der Waals surface area (Å²) in [6, 6.07) is 0.0506. The lowest BCUT2D eigenvalue weighted by Crippen LogP contribution is -2.31. The summed E-state index contributed by atoms with van der Waals surface area (Å²) in [4.78, 5) is 2.12. The van der Waals surface area contributed by atoms with Crippen LogP contribution in [0.5, 0.6) is 0 Å². The Labute approximate surface area is 118 Å². The summed E-state index contributed by atoms with van der Waals surface area (Å²) in [5.41, 5.74) is 3.82. The Kier molecular flexibility index (Phi) is 7.03. The Morgan fingerprint density at radius 3 is 2.89 bits per heavy atom. The topological polar surface area (TPSA) is 59.1 Å². The summed E-state index contributed by atoms with van der Waals surface area (Å²) in [6.07, 6.45) is 4.71. The molecule has 1 aromatic heterocycles. The van der Waals surface area contributed by atoms with Gasteiger partial charge in [0.15, 0.2) is 0 Å². The third kappa shape index (κ3) is 4.44. The molecule has 1 rings (SSSR count). The van der Waals surface area contributed by atoms with Gasteiger partial charge >= 0.3 is 0 Å². The highest BCUT2D eigenvalue weighted by molar-refractivity contribution is 7.98. The fourth-order valence-electron chi connectivity index (χ4n) is 1.73. The van der Waals surface area contributed by atoms with Gasteiger partial charge in [0.1, 0.15) is 0 Å². The molecule has 3 N–H and O–H groups in total. The zero-order chi connectivity index (χ0) is 13.5. The van der Waals surface area contributed by atoms with E-state index in [-0.39, 0.29) is 6.04 Å². The number of hydrogen-bond acceptors (Lipinski definition) is 5. The van der Waals surface area contributed by atoms with Crippen LogP contribution in [0, 0.1) is 0 Å². The smallest absolute Gasteiger partial charge is 0.0834 e. The van der Waals surface area contributed by atoms with Gasteiger partial charge in [0, 0.05) is 6.54 Å². The maximum absolute atomic E-state index is 6.21. The number of thioether (sulfide) groups is 1. The molecule has 1 unspecified atom stereocenters. The number of hydrazine groups is 1. The van der Waals surface area contributed by atoms with E-state index in [1.165, 1.54) is 0 Å². The average Bonchev–Trinajstić information content (AvgIpc) is 2.70. The minimum absolute atomic E-state index is 0.0506. The summed E-state index contributed by atoms with van der Waals surface area (Å²) in [6.45, 7) is 1.73. The van der Waals surface area contributed by atoms with Crippen molar-refractivity contribution >= 4 is 23.4 Å². The lowest BCUT2D eigenvalue weighted by Gasteiger charge is -2.19. The number of hydrogen-bond donors (Lipinski definition) is 2. The van der Waals surface area contributed by atoms with Crippen molar-refractivity contribution in [1.29, 1.82) is 0 Å². The second-order valence-corrected chi connectivity index (χ2v) is 5.80. The van der Waals surface area contributed by atoms with Crippen molar-refractivity contribution in [1.82, 2.24) is 20.1 Å². The van der Waals surface area contributed by atoms with Crippen LogP contribution in [0.1, 0.15) is 18.2 Å². The van der Waals surface area contributed by atoms with Crippen LogP contribution < -0.4 is 11.3 Å². The van der Waals surface area contributed by atoms with Crippen molar-refractivity contribution < 1.29 is 0 Å². The van der Waals surface area contributed by atoms with E-state index < -0.39 is 0 Å². The molecule has 7 heteroatoms. The van der Waals surface area contributed by atoms with Gasteiger partial charge in [-0.05, 0) is 32.5 Å². The predicted octanol–water partition coefficient (Wildman–Crippen LogP) is 1.36. The normalized spacial score (nSPS) is 13.2. The monoisotopic (exact) mass is 291 g/mol. The molecule has 0 aliphatic rings. The highest BCUT2D eigenvalue weighted by Gasteiger charge is 2.18. The molecule has 0 bridgehead atoms. The third-order valence-corrected chi connectivity index (χ3v) is 3.67. The molecule has 104 valence electrons. The lowest BCUT2D eigenvalue weighted by molar-refractivity contribution is 0.361. The van der Waals surface area contributed by atoms with Crippen molar-refractivity contribution in [3.05, 3.63) is 16.9 Å². The minimum atomic E-state index is 0.0506. The van der Waals surface area contributed by atoms with E-state index in [1.54, 1.807) is 18.0 Å². The summed E-state index contributed by atoms with van der Waals surface area (Å²) < 4.78 is 1.94. The maximum atomic E-state index is 6.21. The first-order chi connectivity index (χ1) is 8.60. The summed E-state index contributed by atoms with van der Waals surface area (Å²) in [5, 5.41) is 5.00. The van der Waals surface area contributed by atoms with E-state index in [2.05, 4.69) is 21.7 Å². The van der Waals surface area contributed by atoms with Crippen molar-refractivity contribution in [2.24, 2.45) is 5.84 Å². The molecule has 0 fully saturated rings. The zero-order valence-corrected chi connectivity index (χ0v) is 12.8. The maximum Gasteiger partial charge on any atom is 0.0834 e. The third-order valence-electron chi connectivity index (χ3n) is 2.73. The van der Waals surface area contributed by atoms with Crippen LogP contribution in [0.15, 0.2) is 6.20 Å². The van der Waals surface area contributed by atoms with E-state index in [9.17, 15) is 0 Å². The molecule has 0 spiro atoms. The SMILES string of the molecule is CSCCC(NN)c1c(Cl)cnn1CCN(C)C. The number of rotatable bonds is 8. The number of halogens is 1. The van der Waals surface area contributed by atoms with Crippen LogP contribution in [0.25, 0.3) is 0 Å². The number of aromatic nitrogens is 2.